The molecule has 32 heavy (non-hydrogen) atoms. The van der Waals surface area contributed by atoms with E-state index in [1.165, 1.54) is 9.80 Å². The zero-order valence-corrected chi connectivity index (χ0v) is 18.0. The van der Waals surface area contributed by atoms with Gasteiger partial charge < -0.3 is 41.4 Å². The molecule has 186 valence electrons. The fourth-order valence-electron chi connectivity index (χ4n) is 2.70. The summed E-state index contributed by atoms with van der Waals surface area (Å²) in [6.07, 6.45) is 1.25. The van der Waals surface area contributed by atoms with Crippen LogP contribution in [-0.2, 0) is 28.7 Å². The lowest BCUT2D eigenvalue weighted by Crippen LogP contribution is -2.43. The molecule has 0 spiro atoms. The van der Waals surface area contributed by atoms with Crippen molar-refractivity contribution in [2.24, 2.45) is 11.5 Å². The highest BCUT2D eigenvalue weighted by atomic mass is 16.5. The molecule has 0 saturated heterocycles. The van der Waals surface area contributed by atoms with Gasteiger partial charge >= 0.3 is 23.9 Å². The van der Waals surface area contributed by atoms with Crippen molar-refractivity contribution in [3.05, 3.63) is 0 Å². The second-order valence-electron chi connectivity index (χ2n) is 7.15. The van der Waals surface area contributed by atoms with Gasteiger partial charge in [-0.1, -0.05) is 0 Å². The number of hydrogen-bond acceptors (Lipinski definition) is 10. The Kier molecular flexibility index (Phi) is 15.1. The standard InChI is InChI=1S/C14H22N2O9.C4H12N2O/c17-10(18)5-15(6-11(19)20)3-4-25-14(1-2-14)9-16(7-12(21)22)8-13(23)24;5-1-3-7-4-2-6/h1-9H2,(H,17,18)(H,19,20)(H,21,22)(H,23,24);1-6H2. The molecule has 14 nitrogen and oxygen atoms in total. The van der Waals surface area contributed by atoms with Crippen LogP contribution in [0.5, 0.6) is 0 Å². The molecule has 0 atom stereocenters. The average molecular weight is 466 g/mol. The summed E-state index contributed by atoms with van der Waals surface area (Å²) < 4.78 is 10.6. The number of nitrogens with zero attached hydrogens (tertiary/aromatic N) is 2. The number of hydrogen-bond donors (Lipinski definition) is 6. The number of carbonyl (C=O) groups is 4. The molecule has 1 aliphatic carbocycles. The molecular weight excluding hydrogens is 432 g/mol. The fourth-order valence-corrected chi connectivity index (χ4v) is 2.70. The van der Waals surface area contributed by atoms with Gasteiger partial charge in [0.25, 0.3) is 0 Å². The molecule has 0 aromatic carbocycles. The van der Waals surface area contributed by atoms with E-state index in [1.807, 2.05) is 0 Å². The number of carboxylic acid groups (broad SMARTS) is 4. The highest BCUT2D eigenvalue weighted by molar-refractivity contribution is 5.73. The van der Waals surface area contributed by atoms with E-state index in [2.05, 4.69) is 0 Å². The Morgan fingerprint density at radius 1 is 0.719 bits per heavy atom. The van der Waals surface area contributed by atoms with Crippen molar-refractivity contribution in [2.75, 3.05) is 72.2 Å². The van der Waals surface area contributed by atoms with Gasteiger partial charge in [0.05, 0.1) is 51.6 Å². The molecule has 1 fully saturated rings. The lowest BCUT2D eigenvalue weighted by molar-refractivity contribution is -0.143. The largest absolute Gasteiger partial charge is 0.480 e. The van der Waals surface area contributed by atoms with E-state index in [0.29, 0.717) is 39.1 Å². The molecule has 0 aromatic rings. The van der Waals surface area contributed by atoms with E-state index in [4.69, 9.17) is 41.4 Å². The van der Waals surface area contributed by atoms with Crippen LogP contribution in [-0.4, -0.2) is 132 Å². The predicted octanol–water partition coefficient (Wildman–Crippen LogP) is -2.60. The molecule has 1 rings (SSSR count). The third kappa shape index (κ3) is 16.3. The Hall–Kier alpha value is -2.36. The first kappa shape index (κ1) is 29.6. The van der Waals surface area contributed by atoms with Crippen molar-refractivity contribution >= 4 is 23.9 Å². The van der Waals surface area contributed by atoms with Crippen molar-refractivity contribution in [1.29, 1.82) is 0 Å². The van der Waals surface area contributed by atoms with E-state index in [1.54, 1.807) is 0 Å². The normalized spacial score (nSPS) is 14.0. The van der Waals surface area contributed by atoms with Gasteiger partial charge in [-0.25, -0.2) is 0 Å². The molecular formula is C18H34N4O10. The number of aliphatic carboxylic acids is 4. The lowest BCUT2D eigenvalue weighted by atomic mass is 10.3. The first-order chi connectivity index (χ1) is 15.0. The maximum absolute atomic E-state index is 10.8. The summed E-state index contributed by atoms with van der Waals surface area (Å²) in [4.78, 5) is 45.5. The summed E-state index contributed by atoms with van der Waals surface area (Å²) >= 11 is 0. The first-order valence-corrected chi connectivity index (χ1v) is 9.97. The quantitative estimate of drug-likeness (QED) is 0.114. The SMILES string of the molecule is NCCOCCN.O=C(O)CN(CCOC1(CN(CC(=O)O)CC(=O)O)CC1)CC(=O)O. The van der Waals surface area contributed by atoms with Crippen molar-refractivity contribution < 1.29 is 49.1 Å². The number of carboxylic acids is 4. The second-order valence-corrected chi connectivity index (χ2v) is 7.15. The van der Waals surface area contributed by atoms with Gasteiger partial charge in [-0.15, -0.1) is 0 Å². The van der Waals surface area contributed by atoms with E-state index < -0.39 is 55.7 Å². The maximum Gasteiger partial charge on any atom is 0.317 e. The molecule has 8 N–H and O–H groups in total. The topological polar surface area (TPSA) is 226 Å². The second kappa shape index (κ2) is 16.3. The third-order valence-electron chi connectivity index (χ3n) is 4.10. The average Bonchev–Trinajstić information content (AvgIpc) is 3.39. The number of ether oxygens (including phenoxy) is 2. The number of nitrogens with two attached hydrogens (primary N) is 2. The van der Waals surface area contributed by atoms with Gasteiger partial charge in [0.15, 0.2) is 0 Å². The Morgan fingerprint density at radius 2 is 1.12 bits per heavy atom. The van der Waals surface area contributed by atoms with E-state index in [9.17, 15) is 19.2 Å². The molecule has 0 radical (unpaired) electrons. The molecule has 0 aliphatic heterocycles. The smallest absolute Gasteiger partial charge is 0.317 e. The highest BCUT2D eigenvalue weighted by Crippen LogP contribution is 2.40. The van der Waals surface area contributed by atoms with Crippen LogP contribution in [0.3, 0.4) is 0 Å². The number of rotatable bonds is 18. The Balaban J connectivity index is 0.00000118. The van der Waals surface area contributed by atoms with Crippen molar-refractivity contribution in [2.45, 2.75) is 18.4 Å². The van der Waals surface area contributed by atoms with Gasteiger partial charge in [-0.05, 0) is 12.8 Å². The Bertz CT molecular complexity index is 564. The molecule has 14 heteroatoms. The van der Waals surface area contributed by atoms with Crippen LogP contribution in [0, 0.1) is 0 Å². The van der Waals surface area contributed by atoms with E-state index in [-0.39, 0.29) is 19.7 Å². The minimum absolute atomic E-state index is 0.0640. The maximum atomic E-state index is 10.8. The minimum atomic E-state index is -1.16. The van der Waals surface area contributed by atoms with Crippen LogP contribution in [0.25, 0.3) is 0 Å². The molecule has 0 aromatic heterocycles. The summed E-state index contributed by atoms with van der Waals surface area (Å²) in [5, 5.41) is 35.2. The highest BCUT2D eigenvalue weighted by Gasteiger charge is 2.45. The monoisotopic (exact) mass is 466 g/mol. The summed E-state index contributed by atoms with van der Waals surface area (Å²) in [7, 11) is 0. The minimum Gasteiger partial charge on any atom is -0.480 e. The van der Waals surface area contributed by atoms with E-state index in [0.717, 1.165) is 0 Å². The fraction of sp³-hybridized carbons (Fsp3) is 0.778. The molecule has 0 bridgehead atoms. The van der Waals surface area contributed by atoms with Crippen molar-refractivity contribution in [3.8, 4) is 0 Å². The van der Waals surface area contributed by atoms with Crippen LogP contribution in [0.15, 0.2) is 0 Å². The Morgan fingerprint density at radius 3 is 1.47 bits per heavy atom. The summed E-state index contributed by atoms with van der Waals surface area (Å²) in [5.41, 5.74) is 9.54. The zero-order valence-electron chi connectivity index (χ0n) is 18.0. The van der Waals surface area contributed by atoms with E-state index >= 15 is 0 Å². The van der Waals surface area contributed by atoms with Gasteiger partial charge in [0.2, 0.25) is 0 Å². The molecule has 1 aliphatic rings. The van der Waals surface area contributed by atoms with Crippen molar-refractivity contribution in [3.63, 3.8) is 0 Å². The predicted molar refractivity (Wildman–Crippen MR) is 110 cm³/mol. The molecule has 0 heterocycles. The van der Waals surface area contributed by atoms with Crippen LogP contribution in [0.1, 0.15) is 12.8 Å². The van der Waals surface area contributed by atoms with Gasteiger partial charge in [-0.3, -0.25) is 29.0 Å². The van der Waals surface area contributed by atoms with Crippen LogP contribution < -0.4 is 11.5 Å². The van der Waals surface area contributed by atoms with Gasteiger partial charge in [0.1, 0.15) is 0 Å². The lowest BCUT2D eigenvalue weighted by Gasteiger charge is -2.26. The molecule has 0 amide bonds. The zero-order chi connectivity index (χ0) is 24.6. The Labute approximate surface area is 185 Å². The molecule has 0 unspecified atom stereocenters. The van der Waals surface area contributed by atoms with Crippen LogP contribution >= 0.6 is 0 Å². The molecule has 1 saturated carbocycles. The summed E-state index contributed by atoms with van der Waals surface area (Å²) in [6.45, 7) is 0.952. The van der Waals surface area contributed by atoms with Crippen molar-refractivity contribution in [1.82, 2.24) is 9.80 Å². The summed E-state index contributed by atoms with van der Waals surface area (Å²) in [5.74, 6) is -4.61. The first-order valence-electron chi connectivity index (χ1n) is 9.97. The third-order valence-corrected chi connectivity index (χ3v) is 4.10. The summed E-state index contributed by atoms with van der Waals surface area (Å²) in [6, 6.07) is 0. The van der Waals surface area contributed by atoms with Gasteiger partial charge in [0, 0.05) is 26.2 Å². The van der Waals surface area contributed by atoms with Gasteiger partial charge in [-0.2, -0.15) is 0 Å². The van der Waals surface area contributed by atoms with Crippen LogP contribution in [0.4, 0.5) is 0 Å². The van der Waals surface area contributed by atoms with Crippen LogP contribution in [0.2, 0.25) is 0 Å².